The summed E-state index contributed by atoms with van der Waals surface area (Å²) in [6.45, 7) is 8.24. The Hall–Kier alpha value is -0.890. The minimum absolute atomic E-state index is 0. The minimum atomic E-state index is -0.167. The zero-order valence-electron chi connectivity index (χ0n) is 15.7. The number of nitrogens with zero attached hydrogens (tertiary/aromatic N) is 1. The standard InChI is InChI=1S/C19H30FN3O.HI/c1-5-21-18(22-13-19(8-9-19)10-11-24-4)23-15(3)16-7-6-14(2)17(20)12-16;/h6-7,12,15H,5,8-11,13H2,1-4H3,(H2,21,22,23);1H. The predicted molar refractivity (Wildman–Crippen MR) is 112 cm³/mol. The lowest BCUT2D eigenvalue weighted by molar-refractivity contribution is 0.174. The summed E-state index contributed by atoms with van der Waals surface area (Å²) in [6.07, 6.45) is 3.50. The number of ether oxygens (including phenoxy) is 1. The smallest absolute Gasteiger partial charge is 0.191 e. The number of hydrogen-bond acceptors (Lipinski definition) is 2. The third-order valence-corrected chi connectivity index (χ3v) is 4.76. The zero-order valence-corrected chi connectivity index (χ0v) is 18.0. The lowest BCUT2D eigenvalue weighted by Gasteiger charge is -2.20. The highest BCUT2D eigenvalue weighted by Gasteiger charge is 2.41. The number of benzene rings is 1. The van der Waals surface area contributed by atoms with E-state index in [-0.39, 0.29) is 35.8 Å². The van der Waals surface area contributed by atoms with Crippen LogP contribution in [0.2, 0.25) is 0 Å². The highest BCUT2D eigenvalue weighted by atomic mass is 127. The van der Waals surface area contributed by atoms with Crippen molar-refractivity contribution in [2.24, 2.45) is 10.4 Å². The highest BCUT2D eigenvalue weighted by molar-refractivity contribution is 14.0. The maximum Gasteiger partial charge on any atom is 0.191 e. The summed E-state index contributed by atoms with van der Waals surface area (Å²) in [5.41, 5.74) is 1.90. The molecule has 0 bridgehead atoms. The number of rotatable bonds is 8. The molecule has 4 nitrogen and oxygen atoms in total. The van der Waals surface area contributed by atoms with Gasteiger partial charge in [-0.25, -0.2) is 4.39 Å². The minimum Gasteiger partial charge on any atom is -0.385 e. The van der Waals surface area contributed by atoms with Gasteiger partial charge in [0, 0.05) is 26.8 Å². The number of aryl methyl sites for hydroxylation is 1. The van der Waals surface area contributed by atoms with Crippen molar-refractivity contribution in [2.45, 2.75) is 46.1 Å². The number of guanidine groups is 1. The Labute approximate surface area is 168 Å². The lowest BCUT2D eigenvalue weighted by Crippen LogP contribution is -2.39. The Morgan fingerprint density at radius 3 is 2.68 bits per heavy atom. The van der Waals surface area contributed by atoms with Crippen LogP contribution >= 0.6 is 24.0 Å². The van der Waals surface area contributed by atoms with Gasteiger partial charge in [0.1, 0.15) is 5.82 Å². The van der Waals surface area contributed by atoms with E-state index in [9.17, 15) is 4.39 Å². The van der Waals surface area contributed by atoms with Crippen molar-refractivity contribution in [3.8, 4) is 0 Å². The van der Waals surface area contributed by atoms with E-state index in [4.69, 9.17) is 9.73 Å². The molecule has 1 saturated carbocycles. The van der Waals surface area contributed by atoms with Gasteiger partial charge in [-0.1, -0.05) is 12.1 Å². The van der Waals surface area contributed by atoms with Gasteiger partial charge in [-0.05, 0) is 62.6 Å². The van der Waals surface area contributed by atoms with Gasteiger partial charge in [0.25, 0.3) is 0 Å². The highest BCUT2D eigenvalue weighted by Crippen LogP contribution is 2.48. The van der Waals surface area contributed by atoms with Gasteiger partial charge in [0.2, 0.25) is 0 Å². The molecule has 0 amide bonds. The molecule has 1 aromatic carbocycles. The molecule has 0 spiro atoms. The number of aliphatic imine (C=N–C) groups is 1. The molecule has 25 heavy (non-hydrogen) atoms. The van der Waals surface area contributed by atoms with E-state index in [1.54, 1.807) is 20.1 Å². The number of hydrogen-bond donors (Lipinski definition) is 2. The summed E-state index contributed by atoms with van der Waals surface area (Å²) in [6, 6.07) is 5.36. The van der Waals surface area contributed by atoms with Crippen LogP contribution in [-0.4, -0.2) is 32.8 Å². The Kier molecular flexibility index (Phi) is 9.13. The van der Waals surface area contributed by atoms with Gasteiger partial charge < -0.3 is 15.4 Å². The lowest BCUT2D eigenvalue weighted by atomic mass is 10.0. The number of nitrogens with one attached hydrogen (secondary N) is 2. The summed E-state index contributed by atoms with van der Waals surface area (Å²) in [4.78, 5) is 4.75. The van der Waals surface area contributed by atoms with Crippen LogP contribution in [0.4, 0.5) is 4.39 Å². The van der Waals surface area contributed by atoms with E-state index in [0.717, 1.165) is 37.6 Å². The average molecular weight is 463 g/mol. The van der Waals surface area contributed by atoms with E-state index in [1.165, 1.54) is 12.8 Å². The third-order valence-electron chi connectivity index (χ3n) is 4.76. The van der Waals surface area contributed by atoms with Crippen LogP contribution in [0, 0.1) is 18.2 Å². The zero-order chi connectivity index (χ0) is 17.6. The maximum absolute atomic E-state index is 13.8. The first-order valence-electron chi connectivity index (χ1n) is 8.79. The molecule has 0 radical (unpaired) electrons. The molecule has 1 aromatic rings. The van der Waals surface area contributed by atoms with Crippen molar-refractivity contribution >= 4 is 29.9 Å². The Morgan fingerprint density at radius 1 is 1.40 bits per heavy atom. The molecule has 0 saturated heterocycles. The van der Waals surface area contributed by atoms with E-state index >= 15 is 0 Å². The molecule has 0 aromatic heterocycles. The summed E-state index contributed by atoms with van der Waals surface area (Å²) >= 11 is 0. The Balaban J connectivity index is 0.00000312. The summed E-state index contributed by atoms with van der Waals surface area (Å²) in [5.74, 6) is 0.620. The fraction of sp³-hybridized carbons (Fsp3) is 0.632. The van der Waals surface area contributed by atoms with E-state index in [1.807, 2.05) is 26.0 Å². The largest absolute Gasteiger partial charge is 0.385 e. The fourth-order valence-corrected chi connectivity index (χ4v) is 2.72. The molecule has 6 heteroatoms. The van der Waals surface area contributed by atoms with Crippen LogP contribution in [0.25, 0.3) is 0 Å². The molecular weight excluding hydrogens is 432 g/mol. The summed E-state index contributed by atoms with van der Waals surface area (Å²) in [7, 11) is 1.74. The third kappa shape index (κ3) is 6.73. The molecule has 1 aliphatic carbocycles. The van der Waals surface area contributed by atoms with Crippen LogP contribution in [0.5, 0.6) is 0 Å². The first-order chi connectivity index (χ1) is 11.5. The van der Waals surface area contributed by atoms with Gasteiger partial charge in [0.05, 0.1) is 6.04 Å². The molecule has 2 N–H and O–H groups in total. The van der Waals surface area contributed by atoms with Gasteiger partial charge >= 0.3 is 0 Å². The molecule has 1 fully saturated rings. The van der Waals surface area contributed by atoms with Gasteiger partial charge in [0.15, 0.2) is 5.96 Å². The summed E-state index contributed by atoms with van der Waals surface area (Å²) in [5, 5.41) is 6.66. The van der Waals surface area contributed by atoms with Gasteiger partial charge in [-0.3, -0.25) is 4.99 Å². The van der Waals surface area contributed by atoms with Gasteiger partial charge in [-0.15, -0.1) is 24.0 Å². The monoisotopic (exact) mass is 463 g/mol. The quantitative estimate of drug-likeness (QED) is 0.346. The second kappa shape index (κ2) is 10.3. The van der Waals surface area contributed by atoms with Crippen LogP contribution in [0.3, 0.4) is 0 Å². The van der Waals surface area contributed by atoms with Crippen LogP contribution < -0.4 is 10.6 Å². The predicted octanol–water partition coefficient (Wildman–Crippen LogP) is 4.18. The van der Waals surface area contributed by atoms with E-state index in [0.29, 0.717) is 11.0 Å². The molecule has 2 rings (SSSR count). The first-order valence-corrected chi connectivity index (χ1v) is 8.79. The van der Waals surface area contributed by atoms with Crippen LogP contribution in [0.1, 0.15) is 50.3 Å². The molecule has 1 atom stereocenters. The fourth-order valence-electron chi connectivity index (χ4n) is 2.72. The number of halogens is 2. The molecule has 1 aliphatic rings. The average Bonchev–Trinajstić information content (AvgIpc) is 3.34. The molecule has 0 aliphatic heterocycles. The van der Waals surface area contributed by atoms with E-state index < -0.39 is 0 Å². The first kappa shape index (κ1) is 22.2. The Bertz CT molecular complexity index is 576. The van der Waals surface area contributed by atoms with Crippen molar-refractivity contribution in [3.05, 3.63) is 35.1 Å². The van der Waals surface area contributed by atoms with Crippen LogP contribution in [0.15, 0.2) is 23.2 Å². The molecule has 142 valence electrons. The van der Waals surface area contributed by atoms with Gasteiger partial charge in [-0.2, -0.15) is 0 Å². The van der Waals surface area contributed by atoms with E-state index in [2.05, 4.69) is 10.6 Å². The topological polar surface area (TPSA) is 45.7 Å². The van der Waals surface area contributed by atoms with Crippen molar-refractivity contribution in [1.29, 1.82) is 0 Å². The second-order valence-electron chi connectivity index (χ2n) is 6.81. The van der Waals surface area contributed by atoms with Crippen molar-refractivity contribution in [3.63, 3.8) is 0 Å². The Morgan fingerprint density at radius 2 is 2.12 bits per heavy atom. The van der Waals surface area contributed by atoms with Crippen molar-refractivity contribution in [2.75, 3.05) is 26.8 Å². The molecule has 1 unspecified atom stereocenters. The van der Waals surface area contributed by atoms with Crippen LogP contribution in [-0.2, 0) is 4.74 Å². The SMILES string of the molecule is CCNC(=NCC1(CCOC)CC1)NC(C)c1ccc(C)c(F)c1.I. The van der Waals surface area contributed by atoms with Crippen molar-refractivity contribution < 1.29 is 9.13 Å². The molecular formula is C19H31FIN3O. The van der Waals surface area contributed by atoms with Crippen molar-refractivity contribution in [1.82, 2.24) is 10.6 Å². The normalized spacial score (nSPS) is 16.8. The number of methoxy groups -OCH3 is 1. The maximum atomic E-state index is 13.8. The second-order valence-corrected chi connectivity index (χ2v) is 6.81. The summed E-state index contributed by atoms with van der Waals surface area (Å²) < 4.78 is 19.0. The molecule has 0 heterocycles.